The van der Waals surface area contributed by atoms with E-state index in [9.17, 15) is 14.4 Å². The Morgan fingerprint density at radius 1 is 1.30 bits per heavy atom. The highest BCUT2D eigenvalue weighted by molar-refractivity contribution is 5.80. The van der Waals surface area contributed by atoms with Crippen molar-refractivity contribution in [3.8, 4) is 0 Å². The SMILES string of the molecule is CCOC(=O)C1CN(C(=O)OC(C)(C)C)CCN1C=O. The first kappa shape index (κ1) is 16.3. The quantitative estimate of drug-likeness (QED) is 0.562. The number of hydrogen-bond acceptors (Lipinski definition) is 5. The standard InChI is InChI=1S/C13H22N2O5/c1-5-19-11(17)10-8-14(6-7-15(10)9-16)12(18)20-13(2,3)4/h9-10H,5-8H2,1-4H3. The van der Waals surface area contributed by atoms with E-state index in [2.05, 4.69) is 0 Å². The number of rotatable bonds is 3. The van der Waals surface area contributed by atoms with Crippen LogP contribution in [0.25, 0.3) is 0 Å². The third kappa shape index (κ3) is 4.40. The molecule has 0 radical (unpaired) electrons. The van der Waals surface area contributed by atoms with Crippen LogP contribution in [0.3, 0.4) is 0 Å². The molecule has 1 unspecified atom stereocenters. The highest BCUT2D eigenvalue weighted by atomic mass is 16.6. The molecule has 1 fully saturated rings. The van der Waals surface area contributed by atoms with Gasteiger partial charge in [0, 0.05) is 13.1 Å². The molecule has 0 saturated carbocycles. The number of esters is 1. The van der Waals surface area contributed by atoms with Crippen molar-refractivity contribution in [1.82, 2.24) is 9.80 Å². The predicted molar refractivity (Wildman–Crippen MR) is 71.0 cm³/mol. The summed E-state index contributed by atoms with van der Waals surface area (Å²) in [5, 5.41) is 0. The lowest BCUT2D eigenvalue weighted by Crippen LogP contribution is -2.58. The number of piperazine rings is 1. The van der Waals surface area contributed by atoms with Crippen molar-refractivity contribution in [2.75, 3.05) is 26.2 Å². The maximum Gasteiger partial charge on any atom is 0.410 e. The maximum absolute atomic E-state index is 12.0. The second-order valence-electron chi connectivity index (χ2n) is 5.54. The van der Waals surface area contributed by atoms with E-state index in [1.54, 1.807) is 27.7 Å². The van der Waals surface area contributed by atoms with Gasteiger partial charge in [-0.3, -0.25) is 4.79 Å². The Kier molecular flexibility index (Phi) is 5.35. The molecule has 7 heteroatoms. The highest BCUT2D eigenvalue weighted by Gasteiger charge is 2.36. The molecule has 1 aliphatic rings. The molecule has 0 bridgehead atoms. The lowest BCUT2D eigenvalue weighted by Gasteiger charge is -2.38. The minimum atomic E-state index is -0.770. The molecule has 2 amide bonds. The third-order valence-electron chi connectivity index (χ3n) is 2.77. The first-order valence-corrected chi connectivity index (χ1v) is 6.64. The summed E-state index contributed by atoms with van der Waals surface area (Å²) in [6.45, 7) is 7.95. The molecule has 20 heavy (non-hydrogen) atoms. The van der Waals surface area contributed by atoms with Gasteiger partial charge in [0.2, 0.25) is 6.41 Å². The van der Waals surface area contributed by atoms with Crippen LogP contribution in [-0.2, 0) is 19.1 Å². The summed E-state index contributed by atoms with van der Waals surface area (Å²) in [6, 6.07) is -0.770. The van der Waals surface area contributed by atoms with E-state index in [-0.39, 0.29) is 19.7 Å². The van der Waals surface area contributed by atoms with Gasteiger partial charge in [-0.15, -0.1) is 0 Å². The Morgan fingerprint density at radius 3 is 2.45 bits per heavy atom. The van der Waals surface area contributed by atoms with Crippen LogP contribution in [0.5, 0.6) is 0 Å². The summed E-state index contributed by atoms with van der Waals surface area (Å²) in [5.41, 5.74) is -0.599. The van der Waals surface area contributed by atoms with Crippen molar-refractivity contribution in [2.24, 2.45) is 0 Å². The predicted octanol–water partition coefficient (Wildman–Crippen LogP) is 0.627. The molecule has 0 aromatic rings. The van der Waals surface area contributed by atoms with E-state index < -0.39 is 23.7 Å². The minimum absolute atomic E-state index is 0.0898. The minimum Gasteiger partial charge on any atom is -0.464 e. The molecule has 7 nitrogen and oxygen atoms in total. The smallest absolute Gasteiger partial charge is 0.410 e. The average Bonchev–Trinajstić information content (AvgIpc) is 2.36. The first-order valence-electron chi connectivity index (χ1n) is 6.64. The summed E-state index contributed by atoms with van der Waals surface area (Å²) in [4.78, 5) is 37.5. The van der Waals surface area contributed by atoms with Gasteiger partial charge in [0.1, 0.15) is 11.6 Å². The monoisotopic (exact) mass is 286 g/mol. The van der Waals surface area contributed by atoms with Crippen LogP contribution in [-0.4, -0.2) is 66.2 Å². The van der Waals surface area contributed by atoms with Gasteiger partial charge < -0.3 is 19.3 Å². The van der Waals surface area contributed by atoms with Crippen molar-refractivity contribution in [1.29, 1.82) is 0 Å². The molecule has 0 aliphatic carbocycles. The molecule has 1 saturated heterocycles. The summed E-state index contributed by atoms with van der Waals surface area (Å²) < 4.78 is 10.2. The molecule has 0 spiro atoms. The molecule has 114 valence electrons. The van der Waals surface area contributed by atoms with Crippen molar-refractivity contribution < 1.29 is 23.9 Å². The second kappa shape index (κ2) is 6.58. The van der Waals surface area contributed by atoms with Crippen LogP contribution in [0.2, 0.25) is 0 Å². The largest absolute Gasteiger partial charge is 0.464 e. The van der Waals surface area contributed by atoms with Crippen molar-refractivity contribution in [3.05, 3.63) is 0 Å². The van der Waals surface area contributed by atoms with Crippen LogP contribution >= 0.6 is 0 Å². The molecule has 1 rings (SSSR count). The molecule has 0 N–H and O–H groups in total. The molecular formula is C13H22N2O5. The highest BCUT2D eigenvalue weighted by Crippen LogP contribution is 2.15. The van der Waals surface area contributed by atoms with E-state index in [1.807, 2.05) is 0 Å². The van der Waals surface area contributed by atoms with Crippen LogP contribution in [0, 0.1) is 0 Å². The second-order valence-corrected chi connectivity index (χ2v) is 5.54. The fraction of sp³-hybridized carbons (Fsp3) is 0.769. The zero-order valence-corrected chi connectivity index (χ0v) is 12.4. The third-order valence-corrected chi connectivity index (χ3v) is 2.77. The van der Waals surface area contributed by atoms with Gasteiger partial charge in [-0.25, -0.2) is 9.59 Å². The van der Waals surface area contributed by atoms with E-state index in [0.717, 1.165) is 0 Å². The van der Waals surface area contributed by atoms with Gasteiger partial charge in [0.25, 0.3) is 0 Å². The maximum atomic E-state index is 12.0. The van der Waals surface area contributed by atoms with E-state index in [4.69, 9.17) is 9.47 Å². The van der Waals surface area contributed by atoms with Crippen molar-refractivity contribution in [3.63, 3.8) is 0 Å². The Hall–Kier alpha value is -1.79. The van der Waals surface area contributed by atoms with Gasteiger partial charge in [-0.2, -0.15) is 0 Å². The normalized spacial score (nSPS) is 19.5. The fourth-order valence-electron chi connectivity index (χ4n) is 1.86. The van der Waals surface area contributed by atoms with Gasteiger partial charge in [-0.1, -0.05) is 0 Å². The number of ether oxygens (including phenoxy) is 2. The van der Waals surface area contributed by atoms with Crippen LogP contribution in [0.4, 0.5) is 4.79 Å². The Morgan fingerprint density at radius 2 is 1.95 bits per heavy atom. The lowest BCUT2D eigenvalue weighted by atomic mass is 10.2. The van der Waals surface area contributed by atoms with Crippen molar-refractivity contribution in [2.45, 2.75) is 39.3 Å². The number of carbonyl (C=O) groups is 3. The summed E-state index contributed by atoms with van der Waals surface area (Å²) in [7, 11) is 0. The van der Waals surface area contributed by atoms with Gasteiger partial charge in [0.05, 0.1) is 13.2 Å². The van der Waals surface area contributed by atoms with Gasteiger partial charge >= 0.3 is 12.1 Å². The number of amides is 2. The fourth-order valence-corrected chi connectivity index (χ4v) is 1.86. The Bertz CT molecular complexity index is 377. The van der Waals surface area contributed by atoms with E-state index >= 15 is 0 Å². The van der Waals surface area contributed by atoms with Crippen LogP contribution < -0.4 is 0 Å². The topological polar surface area (TPSA) is 76.2 Å². The summed E-state index contributed by atoms with van der Waals surface area (Å²) in [6.07, 6.45) is 0.117. The molecule has 1 heterocycles. The Labute approximate surface area is 118 Å². The summed E-state index contributed by atoms with van der Waals surface area (Å²) >= 11 is 0. The molecule has 1 atom stereocenters. The molecule has 1 aliphatic heterocycles. The summed E-state index contributed by atoms with van der Waals surface area (Å²) in [5.74, 6) is -0.507. The van der Waals surface area contributed by atoms with Crippen molar-refractivity contribution >= 4 is 18.5 Å². The van der Waals surface area contributed by atoms with Crippen LogP contribution in [0.1, 0.15) is 27.7 Å². The number of hydrogen-bond donors (Lipinski definition) is 0. The number of nitrogens with zero attached hydrogens (tertiary/aromatic N) is 2. The van der Waals surface area contributed by atoms with Crippen LogP contribution in [0.15, 0.2) is 0 Å². The zero-order valence-electron chi connectivity index (χ0n) is 12.4. The van der Waals surface area contributed by atoms with E-state index in [1.165, 1.54) is 9.80 Å². The van der Waals surface area contributed by atoms with Gasteiger partial charge in [0.15, 0.2) is 0 Å². The Balaban J connectivity index is 2.72. The molecule has 0 aromatic carbocycles. The molecular weight excluding hydrogens is 264 g/mol. The molecule has 0 aromatic heterocycles. The van der Waals surface area contributed by atoms with E-state index in [0.29, 0.717) is 13.0 Å². The van der Waals surface area contributed by atoms with Gasteiger partial charge in [-0.05, 0) is 27.7 Å². The first-order chi connectivity index (χ1) is 9.28. The zero-order chi connectivity index (χ0) is 15.3. The average molecular weight is 286 g/mol. The number of carbonyl (C=O) groups excluding carboxylic acids is 3. The lowest BCUT2D eigenvalue weighted by molar-refractivity contribution is -0.154.